The molecular formula is C9H16N4O2S. The molecule has 16 heavy (non-hydrogen) atoms. The first-order chi connectivity index (χ1) is 7.53. The van der Waals surface area contributed by atoms with Crippen LogP contribution in [-0.4, -0.2) is 24.7 Å². The van der Waals surface area contributed by atoms with Gasteiger partial charge in [-0.05, 0) is 6.42 Å². The van der Waals surface area contributed by atoms with Crippen LogP contribution in [0.25, 0.3) is 0 Å². The van der Waals surface area contributed by atoms with E-state index < -0.39 is 10.0 Å². The van der Waals surface area contributed by atoms with E-state index in [1.807, 2.05) is 6.92 Å². The van der Waals surface area contributed by atoms with E-state index in [1.54, 1.807) is 0 Å². The highest BCUT2D eigenvalue weighted by Gasteiger charge is 2.20. The highest BCUT2D eigenvalue weighted by Crippen LogP contribution is 2.17. The predicted molar refractivity (Wildman–Crippen MR) is 62.3 cm³/mol. The maximum atomic E-state index is 11.7. The van der Waals surface area contributed by atoms with E-state index in [4.69, 9.17) is 5.73 Å². The lowest BCUT2D eigenvalue weighted by Crippen LogP contribution is -2.24. The van der Waals surface area contributed by atoms with E-state index in [0.29, 0.717) is 6.54 Å². The van der Waals surface area contributed by atoms with Gasteiger partial charge in [0.05, 0.1) is 6.20 Å². The van der Waals surface area contributed by atoms with Gasteiger partial charge in [0.1, 0.15) is 10.7 Å². The van der Waals surface area contributed by atoms with Gasteiger partial charge < -0.3 is 5.73 Å². The van der Waals surface area contributed by atoms with Crippen molar-refractivity contribution in [3.05, 3.63) is 18.9 Å². The Morgan fingerprint density at radius 1 is 1.69 bits per heavy atom. The van der Waals surface area contributed by atoms with Gasteiger partial charge in [-0.2, -0.15) is 5.10 Å². The highest BCUT2D eigenvalue weighted by atomic mass is 32.2. The first-order valence-electron chi connectivity index (χ1n) is 4.94. The molecule has 0 aliphatic rings. The van der Waals surface area contributed by atoms with E-state index in [2.05, 4.69) is 16.4 Å². The van der Waals surface area contributed by atoms with Gasteiger partial charge in [0.15, 0.2) is 0 Å². The molecule has 0 amide bonds. The van der Waals surface area contributed by atoms with Crippen molar-refractivity contribution >= 4 is 15.8 Å². The zero-order valence-electron chi connectivity index (χ0n) is 9.18. The monoisotopic (exact) mass is 244 g/mol. The van der Waals surface area contributed by atoms with Crippen molar-refractivity contribution in [1.29, 1.82) is 0 Å². The van der Waals surface area contributed by atoms with Crippen LogP contribution in [0, 0.1) is 0 Å². The van der Waals surface area contributed by atoms with E-state index in [0.717, 1.165) is 6.42 Å². The molecule has 0 saturated carbocycles. The maximum absolute atomic E-state index is 11.7. The van der Waals surface area contributed by atoms with Gasteiger partial charge >= 0.3 is 0 Å². The maximum Gasteiger partial charge on any atom is 0.246 e. The Labute approximate surface area is 95.2 Å². The van der Waals surface area contributed by atoms with Crippen LogP contribution < -0.4 is 10.5 Å². The molecule has 1 aromatic rings. The van der Waals surface area contributed by atoms with Crippen LogP contribution in [0.4, 0.5) is 5.82 Å². The van der Waals surface area contributed by atoms with Crippen molar-refractivity contribution in [2.45, 2.75) is 24.8 Å². The van der Waals surface area contributed by atoms with E-state index in [1.165, 1.54) is 17.0 Å². The van der Waals surface area contributed by atoms with Crippen LogP contribution in [0.1, 0.15) is 13.3 Å². The number of hydrogen-bond donors (Lipinski definition) is 2. The number of rotatable bonds is 6. The molecule has 3 N–H and O–H groups in total. The highest BCUT2D eigenvalue weighted by molar-refractivity contribution is 7.89. The Morgan fingerprint density at radius 3 is 2.94 bits per heavy atom. The molecule has 7 heteroatoms. The van der Waals surface area contributed by atoms with Crippen LogP contribution in [0.5, 0.6) is 0 Å². The lowest BCUT2D eigenvalue weighted by molar-refractivity contribution is 0.585. The molecule has 0 bridgehead atoms. The molecule has 0 aliphatic heterocycles. The van der Waals surface area contributed by atoms with Gasteiger partial charge in [-0.1, -0.05) is 13.0 Å². The third-order valence-electron chi connectivity index (χ3n) is 1.99. The molecular weight excluding hydrogens is 228 g/mol. The van der Waals surface area contributed by atoms with Crippen LogP contribution in [0.3, 0.4) is 0 Å². The fourth-order valence-corrected chi connectivity index (χ4v) is 2.28. The minimum absolute atomic E-state index is 0.0165. The molecule has 1 aromatic heterocycles. The zero-order valence-corrected chi connectivity index (χ0v) is 10.00. The third kappa shape index (κ3) is 2.61. The normalized spacial score (nSPS) is 11.6. The van der Waals surface area contributed by atoms with Crippen LogP contribution >= 0.6 is 0 Å². The largest absolute Gasteiger partial charge is 0.383 e. The summed E-state index contributed by atoms with van der Waals surface area (Å²) in [5, 5.41) is 3.93. The van der Waals surface area contributed by atoms with Gasteiger partial charge in [0, 0.05) is 13.1 Å². The van der Waals surface area contributed by atoms with Gasteiger partial charge in [0.2, 0.25) is 10.0 Å². The van der Waals surface area contributed by atoms with Crippen molar-refractivity contribution in [3.63, 3.8) is 0 Å². The van der Waals surface area contributed by atoms with Crippen LogP contribution in [0.15, 0.2) is 23.7 Å². The second-order valence-corrected chi connectivity index (χ2v) is 4.99. The average Bonchev–Trinajstić information content (AvgIpc) is 2.59. The van der Waals surface area contributed by atoms with Gasteiger partial charge in [0.25, 0.3) is 0 Å². The molecule has 0 spiro atoms. The minimum atomic E-state index is -3.58. The number of hydrogen-bond acceptors (Lipinski definition) is 4. The Bertz CT molecular complexity index is 464. The summed E-state index contributed by atoms with van der Waals surface area (Å²) in [7, 11) is -3.58. The molecule has 0 atom stereocenters. The summed E-state index contributed by atoms with van der Waals surface area (Å²) in [4.78, 5) is 0.0165. The molecule has 6 nitrogen and oxygen atoms in total. The number of anilines is 1. The van der Waals surface area contributed by atoms with Crippen molar-refractivity contribution in [1.82, 2.24) is 14.5 Å². The van der Waals surface area contributed by atoms with Crippen LogP contribution in [0.2, 0.25) is 0 Å². The fourth-order valence-electron chi connectivity index (χ4n) is 1.22. The summed E-state index contributed by atoms with van der Waals surface area (Å²) < 4.78 is 27.3. The first kappa shape index (κ1) is 12.7. The van der Waals surface area contributed by atoms with E-state index in [9.17, 15) is 8.42 Å². The zero-order chi connectivity index (χ0) is 12.2. The smallest absolute Gasteiger partial charge is 0.246 e. The number of nitrogens with one attached hydrogen (secondary N) is 1. The van der Waals surface area contributed by atoms with Crippen LogP contribution in [-0.2, 0) is 16.6 Å². The molecule has 0 aromatic carbocycles. The SMILES string of the molecule is C=CCNS(=O)(=O)c1cnn(CCC)c1N. The summed E-state index contributed by atoms with van der Waals surface area (Å²) in [5.74, 6) is 0.165. The lowest BCUT2D eigenvalue weighted by Gasteiger charge is -2.04. The fraction of sp³-hybridized carbons (Fsp3) is 0.444. The van der Waals surface area contributed by atoms with Crippen molar-refractivity contribution in [3.8, 4) is 0 Å². The van der Waals surface area contributed by atoms with E-state index >= 15 is 0 Å². The summed E-state index contributed by atoms with van der Waals surface area (Å²) in [6.45, 7) is 6.17. The lowest BCUT2D eigenvalue weighted by atomic mass is 10.5. The molecule has 0 aliphatic carbocycles. The molecule has 90 valence electrons. The Hall–Kier alpha value is -1.34. The summed E-state index contributed by atoms with van der Waals surface area (Å²) >= 11 is 0. The molecule has 0 radical (unpaired) electrons. The summed E-state index contributed by atoms with van der Waals surface area (Å²) in [5.41, 5.74) is 5.70. The topological polar surface area (TPSA) is 90.0 Å². The number of aromatic nitrogens is 2. The number of aryl methyl sites for hydroxylation is 1. The molecule has 1 heterocycles. The number of nitrogen functional groups attached to an aromatic ring is 1. The van der Waals surface area contributed by atoms with Crippen molar-refractivity contribution in [2.24, 2.45) is 0 Å². The summed E-state index contributed by atoms with van der Waals surface area (Å²) in [6.07, 6.45) is 3.56. The Kier molecular flexibility index (Phi) is 4.08. The van der Waals surface area contributed by atoms with Crippen molar-refractivity contribution in [2.75, 3.05) is 12.3 Å². The summed E-state index contributed by atoms with van der Waals surface area (Å²) in [6, 6.07) is 0. The molecule has 0 unspecified atom stereocenters. The number of nitrogens with zero attached hydrogens (tertiary/aromatic N) is 2. The van der Waals surface area contributed by atoms with Crippen molar-refractivity contribution < 1.29 is 8.42 Å². The second kappa shape index (κ2) is 5.13. The Balaban J connectivity index is 3.00. The standard InChI is InChI=1S/C9H16N4O2S/c1-3-5-12-16(14,15)8-7-11-13(6-4-2)9(8)10/h3,7,12H,1,4-6,10H2,2H3. The minimum Gasteiger partial charge on any atom is -0.383 e. The number of nitrogens with two attached hydrogens (primary N) is 1. The predicted octanol–water partition coefficient (Wildman–Crippen LogP) is 0.340. The van der Waals surface area contributed by atoms with Gasteiger partial charge in [-0.25, -0.2) is 17.8 Å². The number of sulfonamides is 1. The van der Waals surface area contributed by atoms with E-state index in [-0.39, 0.29) is 17.3 Å². The molecule has 0 fully saturated rings. The van der Waals surface area contributed by atoms with Gasteiger partial charge in [-0.15, -0.1) is 6.58 Å². The molecule has 1 rings (SSSR count). The molecule has 0 saturated heterocycles. The van der Waals surface area contributed by atoms with Gasteiger partial charge in [-0.3, -0.25) is 0 Å². The quantitative estimate of drug-likeness (QED) is 0.706. The third-order valence-corrected chi connectivity index (χ3v) is 3.43. The first-order valence-corrected chi connectivity index (χ1v) is 6.43. The average molecular weight is 244 g/mol. The second-order valence-electron chi connectivity index (χ2n) is 3.26. The Morgan fingerprint density at radius 2 is 2.38 bits per heavy atom.